The summed E-state index contributed by atoms with van der Waals surface area (Å²) in [6, 6.07) is 3.11. The Kier molecular flexibility index (Phi) is 9.15. The minimum absolute atomic E-state index is 0.264. The molecule has 1 atom stereocenters. The number of carbonyl (C=O) groups excluding carboxylic acids is 2. The number of ether oxygens (including phenoxy) is 3. The first-order valence-corrected chi connectivity index (χ1v) is 11.2. The standard InChI is InChI=1S/C20H26IN3O5S/c1-4-7-13-16(19(26)28-6-3)17(24-20(30)23-13)11-8-12(21)18(29-10-15(22)25)14(9-11)27-5-2/h8-9,17H,4-7,10H2,1-3H3,(H2,22,25)(H2,23,24,30)/t17-/m0/s1. The predicted octanol–water partition coefficient (Wildman–Crippen LogP) is 2.69. The number of hydrogen-bond donors (Lipinski definition) is 3. The Bertz CT molecular complexity index is 859. The maximum Gasteiger partial charge on any atom is 0.338 e. The van der Waals surface area contributed by atoms with E-state index in [0.29, 0.717) is 38.8 Å². The van der Waals surface area contributed by atoms with Crippen molar-refractivity contribution in [2.75, 3.05) is 19.8 Å². The number of nitrogens with one attached hydrogen (secondary N) is 2. The van der Waals surface area contributed by atoms with Crippen LogP contribution in [0, 0.1) is 3.57 Å². The van der Waals surface area contributed by atoms with E-state index in [-0.39, 0.29) is 13.2 Å². The highest BCUT2D eigenvalue weighted by atomic mass is 127. The molecular formula is C20H26IN3O5S. The molecular weight excluding hydrogens is 521 g/mol. The molecule has 1 aliphatic rings. The second kappa shape index (κ2) is 11.3. The molecule has 0 fully saturated rings. The zero-order valence-corrected chi connectivity index (χ0v) is 20.1. The lowest BCUT2D eigenvalue weighted by Crippen LogP contribution is -2.45. The topological polar surface area (TPSA) is 112 Å². The van der Waals surface area contributed by atoms with Crippen LogP contribution < -0.4 is 25.8 Å². The molecule has 0 radical (unpaired) electrons. The largest absolute Gasteiger partial charge is 0.490 e. The molecule has 164 valence electrons. The molecule has 0 spiro atoms. The molecule has 1 heterocycles. The number of carbonyl (C=O) groups is 2. The predicted molar refractivity (Wildman–Crippen MR) is 125 cm³/mol. The lowest BCUT2D eigenvalue weighted by molar-refractivity contribution is -0.139. The van der Waals surface area contributed by atoms with Gasteiger partial charge in [-0.25, -0.2) is 4.79 Å². The van der Waals surface area contributed by atoms with Gasteiger partial charge in [0.05, 0.1) is 28.4 Å². The highest BCUT2D eigenvalue weighted by Gasteiger charge is 2.33. The number of primary amides is 1. The third-order valence-electron chi connectivity index (χ3n) is 4.17. The van der Waals surface area contributed by atoms with Gasteiger partial charge in [-0.1, -0.05) is 13.3 Å². The SMILES string of the molecule is CCCC1=C(C(=O)OCC)[C@H](c2cc(I)c(OCC(N)=O)c(OCC)c2)NC(=S)N1. The van der Waals surface area contributed by atoms with Crippen LogP contribution in [-0.4, -0.2) is 36.8 Å². The summed E-state index contributed by atoms with van der Waals surface area (Å²) in [5, 5.41) is 6.69. The number of hydrogen-bond acceptors (Lipinski definition) is 6. The van der Waals surface area contributed by atoms with Crippen molar-refractivity contribution >= 4 is 51.8 Å². The van der Waals surface area contributed by atoms with Gasteiger partial charge >= 0.3 is 5.97 Å². The number of esters is 1. The van der Waals surface area contributed by atoms with Gasteiger partial charge in [-0.15, -0.1) is 0 Å². The van der Waals surface area contributed by atoms with E-state index in [1.165, 1.54) is 0 Å². The Morgan fingerprint density at radius 3 is 2.53 bits per heavy atom. The van der Waals surface area contributed by atoms with Gasteiger partial charge in [0.15, 0.2) is 23.2 Å². The van der Waals surface area contributed by atoms with Gasteiger partial charge in [0.1, 0.15) is 0 Å². The van der Waals surface area contributed by atoms with Gasteiger partial charge in [-0.2, -0.15) is 0 Å². The molecule has 4 N–H and O–H groups in total. The zero-order chi connectivity index (χ0) is 22.3. The summed E-state index contributed by atoms with van der Waals surface area (Å²) < 4.78 is 17.3. The van der Waals surface area contributed by atoms with E-state index in [1.807, 2.05) is 19.9 Å². The minimum Gasteiger partial charge on any atom is -0.490 e. The number of nitrogens with two attached hydrogens (primary N) is 1. The van der Waals surface area contributed by atoms with E-state index in [9.17, 15) is 9.59 Å². The smallest absolute Gasteiger partial charge is 0.338 e. The first kappa shape index (κ1) is 24.2. The Morgan fingerprint density at radius 2 is 1.93 bits per heavy atom. The van der Waals surface area contributed by atoms with Crippen LogP contribution in [-0.2, 0) is 14.3 Å². The third-order valence-corrected chi connectivity index (χ3v) is 5.19. The third kappa shape index (κ3) is 5.97. The van der Waals surface area contributed by atoms with Crippen LogP contribution in [0.15, 0.2) is 23.4 Å². The van der Waals surface area contributed by atoms with E-state index in [1.54, 1.807) is 13.0 Å². The highest BCUT2D eigenvalue weighted by molar-refractivity contribution is 14.1. The Morgan fingerprint density at radius 1 is 1.20 bits per heavy atom. The lowest BCUT2D eigenvalue weighted by Gasteiger charge is -2.31. The van der Waals surface area contributed by atoms with Crippen LogP contribution in [0.4, 0.5) is 0 Å². The summed E-state index contributed by atoms with van der Waals surface area (Å²) in [6.45, 7) is 6.03. The molecule has 0 aliphatic carbocycles. The van der Waals surface area contributed by atoms with Gasteiger partial charge in [0.2, 0.25) is 0 Å². The molecule has 30 heavy (non-hydrogen) atoms. The van der Waals surface area contributed by atoms with Crippen molar-refractivity contribution in [2.45, 2.75) is 39.7 Å². The number of amides is 1. The average molecular weight is 547 g/mol. The van der Waals surface area contributed by atoms with Gasteiger partial charge in [-0.05, 0) is 72.8 Å². The van der Waals surface area contributed by atoms with Crippen LogP contribution in [0.5, 0.6) is 11.5 Å². The molecule has 10 heteroatoms. The van der Waals surface area contributed by atoms with Gasteiger partial charge < -0.3 is 30.6 Å². The molecule has 1 aliphatic heterocycles. The summed E-state index contributed by atoms with van der Waals surface area (Å²) in [5.74, 6) is -0.117. The van der Waals surface area contributed by atoms with E-state index in [4.69, 9.17) is 32.2 Å². The van der Waals surface area contributed by atoms with Crippen molar-refractivity contribution in [1.82, 2.24) is 10.6 Å². The van der Waals surface area contributed by atoms with Crippen molar-refractivity contribution < 1.29 is 23.8 Å². The van der Waals surface area contributed by atoms with Crippen molar-refractivity contribution in [3.05, 3.63) is 32.5 Å². The van der Waals surface area contributed by atoms with Crippen LogP contribution in [0.25, 0.3) is 0 Å². The molecule has 1 amide bonds. The second-order valence-corrected chi connectivity index (χ2v) is 7.98. The maximum absolute atomic E-state index is 12.8. The van der Waals surface area contributed by atoms with Crippen molar-refractivity contribution in [3.63, 3.8) is 0 Å². The fourth-order valence-corrected chi connectivity index (χ4v) is 4.09. The molecule has 2 rings (SSSR count). The molecule has 8 nitrogen and oxygen atoms in total. The minimum atomic E-state index is -0.584. The normalized spacial score (nSPS) is 15.9. The average Bonchev–Trinajstić information content (AvgIpc) is 2.67. The Hall–Kier alpha value is -2.08. The summed E-state index contributed by atoms with van der Waals surface area (Å²) in [5.41, 5.74) is 7.19. The fraction of sp³-hybridized carbons (Fsp3) is 0.450. The van der Waals surface area contributed by atoms with E-state index in [2.05, 4.69) is 33.2 Å². The molecule has 0 saturated carbocycles. The number of benzene rings is 1. The number of rotatable bonds is 10. The number of allylic oxidation sites excluding steroid dienone is 1. The van der Waals surface area contributed by atoms with Crippen LogP contribution in [0.3, 0.4) is 0 Å². The van der Waals surface area contributed by atoms with Crippen molar-refractivity contribution in [3.8, 4) is 11.5 Å². The van der Waals surface area contributed by atoms with Gasteiger partial charge in [-0.3, -0.25) is 4.79 Å². The van der Waals surface area contributed by atoms with Crippen LogP contribution in [0.1, 0.15) is 45.2 Å². The second-order valence-electron chi connectivity index (χ2n) is 6.41. The zero-order valence-electron chi connectivity index (χ0n) is 17.2. The van der Waals surface area contributed by atoms with E-state index in [0.717, 1.165) is 17.7 Å². The monoisotopic (exact) mass is 547 g/mol. The molecule has 0 unspecified atom stereocenters. The van der Waals surface area contributed by atoms with Gasteiger partial charge in [0.25, 0.3) is 5.91 Å². The van der Waals surface area contributed by atoms with Crippen molar-refractivity contribution in [1.29, 1.82) is 0 Å². The fourth-order valence-electron chi connectivity index (χ4n) is 3.07. The quantitative estimate of drug-likeness (QED) is 0.233. The molecule has 1 aromatic rings. The first-order chi connectivity index (χ1) is 14.3. The van der Waals surface area contributed by atoms with Crippen LogP contribution >= 0.6 is 34.8 Å². The maximum atomic E-state index is 12.8. The molecule has 0 saturated heterocycles. The summed E-state index contributed by atoms with van der Waals surface area (Å²) in [6.07, 6.45) is 1.49. The van der Waals surface area contributed by atoms with Gasteiger partial charge in [0, 0.05) is 5.70 Å². The lowest BCUT2D eigenvalue weighted by atomic mass is 9.93. The summed E-state index contributed by atoms with van der Waals surface area (Å²) >= 11 is 7.47. The van der Waals surface area contributed by atoms with E-state index < -0.39 is 17.9 Å². The molecule has 0 bridgehead atoms. The Labute approximate surface area is 195 Å². The first-order valence-electron chi connectivity index (χ1n) is 9.67. The number of thiocarbonyl (C=S) groups is 1. The van der Waals surface area contributed by atoms with Crippen LogP contribution in [0.2, 0.25) is 0 Å². The van der Waals surface area contributed by atoms with Crippen molar-refractivity contribution in [2.24, 2.45) is 5.73 Å². The molecule has 0 aromatic heterocycles. The molecule has 1 aromatic carbocycles. The summed E-state index contributed by atoms with van der Waals surface area (Å²) in [7, 11) is 0. The number of halogens is 1. The highest BCUT2D eigenvalue weighted by Crippen LogP contribution is 2.39. The Balaban J connectivity index is 2.57. The van der Waals surface area contributed by atoms with E-state index >= 15 is 0 Å². The summed E-state index contributed by atoms with van der Waals surface area (Å²) in [4.78, 5) is 23.9.